The Labute approximate surface area is 111 Å². The molecule has 0 spiro atoms. The van der Waals surface area contributed by atoms with Crippen molar-refractivity contribution >= 4 is 0 Å². The second kappa shape index (κ2) is 14.1. The second-order valence-electron chi connectivity index (χ2n) is 5.56. The van der Waals surface area contributed by atoms with Crippen LogP contribution in [0.25, 0.3) is 0 Å². The van der Waals surface area contributed by atoms with E-state index in [1.54, 1.807) is 0 Å². The van der Waals surface area contributed by atoms with Crippen molar-refractivity contribution in [3.8, 4) is 0 Å². The van der Waals surface area contributed by atoms with E-state index in [-0.39, 0.29) is 0 Å². The molecule has 0 N–H and O–H groups in total. The summed E-state index contributed by atoms with van der Waals surface area (Å²) in [6.07, 6.45) is 18.2. The number of unbranched alkanes of at least 4 members (excludes halogenated alkanes) is 7. The monoisotopic (exact) mass is 239 g/mol. The molecule has 0 fully saturated rings. The summed E-state index contributed by atoms with van der Waals surface area (Å²) >= 11 is 0. The highest BCUT2D eigenvalue weighted by Crippen LogP contribution is 2.22. The molecule has 0 aromatic carbocycles. The Morgan fingerprint density at radius 2 is 1.12 bits per heavy atom. The van der Waals surface area contributed by atoms with E-state index in [1.807, 2.05) is 0 Å². The Balaban J connectivity index is 3.41. The Bertz CT molecular complexity index is 128. The van der Waals surface area contributed by atoms with Crippen LogP contribution in [0.3, 0.4) is 0 Å². The first-order valence-electron chi connectivity index (χ1n) is 8.14. The van der Waals surface area contributed by atoms with Gasteiger partial charge in [0.15, 0.2) is 0 Å². The maximum absolute atomic E-state index is 4.02. The largest absolute Gasteiger partial charge is 0.0654 e. The average molecular weight is 239 g/mol. The van der Waals surface area contributed by atoms with E-state index in [4.69, 9.17) is 0 Å². The molecule has 0 aliphatic heterocycles. The third kappa shape index (κ3) is 12.2. The van der Waals surface area contributed by atoms with Crippen molar-refractivity contribution in [1.29, 1.82) is 0 Å². The van der Waals surface area contributed by atoms with E-state index >= 15 is 0 Å². The smallest absolute Gasteiger partial charge is 0.0414 e. The molecule has 0 heteroatoms. The van der Waals surface area contributed by atoms with E-state index in [2.05, 4.69) is 20.8 Å². The maximum Gasteiger partial charge on any atom is -0.0414 e. The molecule has 0 aliphatic rings. The van der Waals surface area contributed by atoms with Gasteiger partial charge in [0.25, 0.3) is 0 Å². The maximum atomic E-state index is 4.02. The van der Waals surface area contributed by atoms with Gasteiger partial charge in [-0.15, -0.1) is 0 Å². The Kier molecular flexibility index (Phi) is 14.1. The third-order valence-corrected chi connectivity index (χ3v) is 3.79. The van der Waals surface area contributed by atoms with Crippen molar-refractivity contribution in [3.05, 3.63) is 6.92 Å². The van der Waals surface area contributed by atoms with Crippen molar-refractivity contribution in [2.24, 2.45) is 5.92 Å². The van der Waals surface area contributed by atoms with Gasteiger partial charge in [0, 0.05) is 0 Å². The van der Waals surface area contributed by atoms with Crippen molar-refractivity contribution in [2.45, 2.75) is 97.3 Å². The van der Waals surface area contributed by atoms with Crippen LogP contribution in [0, 0.1) is 12.8 Å². The lowest BCUT2D eigenvalue weighted by atomic mass is 9.91. The number of hydrogen-bond donors (Lipinski definition) is 0. The molecule has 103 valence electrons. The number of hydrogen-bond acceptors (Lipinski definition) is 0. The summed E-state index contributed by atoms with van der Waals surface area (Å²) in [6, 6.07) is 0. The van der Waals surface area contributed by atoms with E-state index in [0.29, 0.717) is 0 Å². The van der Waals surface area contributed by atoms with Gasteiger partial charge in [-0.1, -0.05) is 104 Å². The fourth-order valence-electron chi connectivity index (χ4n) is 2.62. The fourth-order valence-corrected chi connectivity index (χ4v) is 2.62. The summed E-state index contributed by atoms with van der Waals surface area (Å²) in [6.45, 7) is 8.61. The zero-order valence-electron chi connectivity index (χ0n) is 12.5. The molecule has 1 atom stereocenters. The van der Waals surface area contributed by atoms with E-state index in [9.17, 15) is 0 Å². The molecule has 1 radical (unpaired) electrons. The molecule has 1 unspecified atom stereocenters. The highest BCUT2D eigenvalue weighted by molar-refractivity contribution is 4.61. The van der Waals surface area contributed by atoms with Gasteiger partial charge in [-0.05, 0) is 5.92 Å². The van der Waals surface area contributed by atoms with Crippen molar-refractivity contribution in [1.82, 2.24) is 0 Å². The average Bonchev–Trinajstić information content (AvgIpc) is 2.34. The van der Waals surface area contributed by atoms with E-state index in [0.717, 1.165) is 12.3 Å². The third-order valence-electron chi connectivity index (χ3n) is 3.79. The van der Waals surface area contributed by atoms with Crippen LogP contribution in [0.5, 0.6) is 0 Å². The molecule has 0 saturated heterocycles. The SMILES string of the molecule is [CH2]CCC(CCCCC)CCCCCCCC. The Hall–Kier alpha value is 0. The summed E-state index contributed by atoms with van der Waals surface area (Å²) in [7, 11) is 0. The Morgan fingerprint density at radius 1 is 0.647 bits per heavy atom. The molecule has 0 nitrogen and oxygen atoms in total. The minimum atomic E-state index is 0.977. The normalized spacial score (nSPS) is 12.9. The fraction of sp³-hybridized carbons (Fsp3) is 0.941. The summed E-state index contributed by atoms with van der Waals surface area (Å²) in [5.74, 6) is 0.977. The highest BCUT2D eigenvalue weighted by atomic mass is 14.1. The molecule has 17 heavy (non-hydrogen) atoms. The van der Waals surface area contributed by atoms with Crippen LogP contribution in [0.2, 0.25) is 0 Å². The molecular weight excluding hydrogens is 204 g/mol. The summed E-state index contributed by atoms with van der Waals surface area (Å²) < 4.78 is 0. The van der Waals surface area contributed by atoms with Crippen LogP contribution in [0.4, 0.5) is 0 Å². The van der Waals surface area contributed by atoms with Gasteiger partial charge in [0.2, 0.25) is 0 Å². The van der Waals surface area contributed by atoms with Gasteiger partial charge in [-0.2, -0.15) is 0 Å². The van der Waals surface area contributed by atoms with E-state index in [1.165, 1.54) is 77.0 Å². The van der Waals surface area contributed by atoms with Gasteiger partial charge in [0.05, 0.1) is 0 Å². The first-order valence-corrected chi connectivity index (χ1v) is 8.14. The molecule has 0 rings (SSSR count). The first-order chi connectivity index (χ1) is 8.35. The quantitative estimate of drug-likeness (QED) is 0.320. The molecular formula is C17H35. The van der Waals surface area contributed by atoms with Crippen LogP contribution in [-0.4, -0.2) is 0 Å². The van der Waals surface area contributed by atoms with Gasteiger partial charge >= 0.3 is 0 Å². The zero-order valence-corrected chi connectivity index (χ0v) is 12.5. The van der Waals surface area contributed by atoms with Crippen LogP contribution in [0.1, 0.15) is 97.3 Å². The molecule has 0 bridgehead atoms. The predicted octanol–water partition coefficient (Wildman–Crippen LogP) is 6.55. The van der Waals surface area contributed by atoms with Crippen LogP contribution in [0.15, 0.2) is 0 Å². The van der Waals surface area contributed by atoms with Gasteiger partial charge in [-0.3, -0.25) is 0 Å². The number of rotatable bonds is 13. The molecule has 0 aromatic rings. The van der Waals surface area contributed by atoms with Crippen molar-refractivity contribution in [3.63, 3.8) is 0 Å². The predicted molar refractivity (Wildman–Crippen MR) is 80.2 cm³/mol. The van der Waals surface area contributed by atoms with Crippen molar-refractivity contribution in [2.75, 3.05) is 0 Å². The zero-order chi connectivity index (χ0) is 12.8. The summed E-state index contributed by atoms with van der Waals surface area (Å²) in [4.78, 5) is 0. The molecule has 0 amide bonds. The van der Waals surface area contributed by atoms with Crippen LogP contribution in [-0.2, 0) is 0 Å². The van der Waals surface area contributed by atoms with Crippen LogP contribution < -0.4 is 0 Å². The van der Waals surface area contributed by atoms with Crippen molar-refractivity contribution < 1.29 is 0 Å². The topological polar surface area (TPSA) is 0 Å². The standard InChI is InChI=1S/C17H35/c1-4-7-9-10-11-13-16-17(14-6-3)15-12-8-5-2/h17H,3-16H2,1-2H3. The first kappa shape index (κ1) is 17.0. The lowest BCUT2D eigenvalue weighted by Crippen LogP contribution is -2.00. The molecule has 0 saturated carbocycles. The molecule has 0 heterocycles. The Morgan fingerprint density at radius 3 is 1.71 bits per heavy atom. The highest BCUT2D eigenvalue weighted by Gasteiger charge is 2.06. The minimum absolute atomic E-state index is 0.977. The van der Waals surface area contributed by atoms with Gasteiger partial charge in [-0.25, -0.2) is 0 Å². The molecule has 0 aromatic heterocycles. The van der Waals surface area contributed by atoms with Crippen LogP contribution >= 0.6 is 0 Å². The lowest BCUT2D eigenvalue weighted by molar-refractivity contribution is 0.385. The summed E-state index contributed by atoms with van der Waals surface area (Å²) in [5, 5.41) is 0. The van der Waals surface area contributed by atoms with Gasteiger partial charge in [0.1, 0.15) is 0 Å². The lowest BCUT2D eigenvalue weighted by Gasteiger charge is -2.15. The minimum Gasteiger partial charge on any atom is -0.0654 e. The van der Waals surface area contributed by atoms with Gasteiger partial charge < -0.3 is 0 Å². The van der Waals surface area contributed by atoms with E-state index < -0.39 is 0 Å². The molecule has 0 aliphatic carbocycles. The summed E-state index contributed by atoms with van der Waals surface area (Å²) in [5.41, 5.74) is 0. The second-order valence-corrected chi connectivity index (χ2v) is 5.56.